The predicted molar refractivity (Wildman–Crippen MR) is 102 cm³/mol. The van der Waals surface area contributed by atoms with Crippen LogP contribution in [-0.2, 0) is 21.8 Å². The Morgan fingerprint density at radius 2 is 1.90 bits per heavy atom. The molecule has 2 aromatic rings. The summed E-state index contributed by atoms with van der Waals surface area (Å²) in [6.45, 7) is 1.40. The summed E-state index contributed by atoms with van der Waals surface area (Å²) in [7, 11) is -3.78. The highest BCUT2D eigenvalue weighted by atomic mass is 32.2. The van der Waals surface area contributed by atoms with Gasteiger partial charge >= 0.3 is 6.29 Å². The van der Waals surface area contributed by atoms with Gasteiger partial charge in [0, 0.05) is 11.8 Å². The van der Waals surface area contributed by atoms with Crippen LogP contribution in [0.5, 0.6) is 11.5 Å². The number of rotatable bonds is 4. The van der Waals surface area contributed by atoms with Crippen molar-refractivity contribution in [2.24, 2.45) is 0 Å². The van der Waals surface area contributed by atoms with Crippen LogP contribution in [-0.4, -0.2) is 31.4 Å². The maximum absolute atomic E-state index is 13.3. The molecule has 0 saturated heterocycles. The Hall–Kier alpha value is -3.26. The third-order valence-corrected chi connectivity index (χ3v) is 7.48. The maximum Gasteiger partial charge on any atom is 0.586 e. The zero-order valence-corrected chi connectivity index (χ0v) is 17.0. The van der Waals surface area contributed by atoms with Gasteiger partial charge in [-0.05, 0) is 42.2 Å². The van der Waals surface area contributed by atoms with E-state index in [1.165, 1.54) is 30.2 Å². The average molecular weight is 447 g/mol. The summed E-state index contributed by atoms with van der Waals surface area (Å²) in [6, 6.07) is 6.06. The first kappa shape index (κ1) is 19.7. The number of nitrogens with zero attached hydrogens (tertiary/aromatic N) is 3. The highest BCUT2D eigenvalue weighted by molar-refractivity contribution is 7.91. The van der Waals surface area contributed by atoms with Gasteiger partial charge in [0.15, 0.2) is 27.2 Å². The summed E-state index contributed by atoms with van der Waals surface area (Å²) < 4.78 is 61.1. The van der Waals surface area contributed by atoms with Crippen LogP contribution in [0.15, 0.2) is 29.3 Å². The smallest absolute Gasteiger partial charge is 0.395 e. The van der Waals surface area contributed by atoms with Gasteiger partial charge in [-0.1, -0.05) is 6.92 Å². The molecule has 0 bridgehead atoms. The molecule has 0 spiro atoms. The molecule has 0 radical (unpaired) electrons. The van der Waals surface area contributed by atoms with E-state index in [2.05, 4.69) is 20.5 Å². The van der Waals surface area contributed by atoms with E-state index in [-0.39, 0.29) is 40.1 Å². The maximum atomic E-state index is 13.3. The number of amides is 1. The van der Waals surface area contributed by atoms with Crippen LogP contribution in [0.4, 0.5) is 14.6 Å². The molecule has 0 unspecified atom stereocenters. The van der Waals surface area contributed by atoms with E-state index in [1.54, 1.807) is 0 Å². The Morgan fingerprint density at radius 1 is 1.23 bits per heavy atom. The monoisotopic (exact) mass is 447 g/mol. The molecule has 5 rings (SSSR count). The number of carbonyl (C=O) groups excluding carboxylic acids is 1. The molecular formula is C20H15F2N3O5S. The minimum Gasteiger partial charge on any atom is -0.395 e. The molecule has 31 heavy (non-hydrogen) atoms. The number of anilines is 1. The summed E-state index contributed by atoms with van der Waals surface area (Å²) in [5.41, 5.74) is 0.230. The molecule has 8 nitrogen and oxygen atoms in total. The van der Waals surface area contributed by atoms with Gasteiger partial charge in [-0.3, -0.25) is 9.69 Å². The highest BCUT2D eigenvalue weighted by Gasteiger charge is 2.47. The third kappa shape index (κ3) is 2.93. The van der Waals surface area contributed by atoms with E-state index in [0.717, 1.165) is 6.07 Å². The minimum atomic E-state index is -3.81. The summed E-state index contributed by atoms with van der Waals surface area (Å²) in [6.07, 6.45) is -1.16. The van der Waals surface area contributed by atoms with Gasteiger partial charge in [0.25, 0.3) is 5.91 Å². The highest BCUT2D eigenvalue weighted by Crippen LogP contribution is 2.49. The Labute approximate surface area is 175 Å². The average Bonchev–Trinajstić information content (AvgIpc) is 3.39. The number of ether oxygens (including phenoxy) is 2. The van der Waals surface area contributed by atoms with Gasteiger partial charge in [0.1, 0.15) is 4.90 Å². The van der Waals surface area contributed by atoms with E-state index >= 15 is 0 Å². The van der Waals surface area contributed by atoms with Crippen molar-refractivity contribution in [2.75, 3.05) is 10.7 Å². The third-order valence-electron chi connectivity index (χ3n) is 5.75. The fourth-order valence-electron chi connectivity index (χ4n) is 3.80. The number of fused-ring (bicyclic) bond motifs is 2. The van der Waals surface area contributed by atoms with E-state index in [9.17, 15) is 27.3 Å². The molecule has 0 N–H and O–H groups in total. The molecule has 1 amide bonds. The van der Waals surface area contributed by atoms with Crippen LogP contribution in [0.25, 0.3) is 0 Å². The minimum absolute atomic E-state index is 0.0622. The molecule has 3 heterocycles. The fraction of sp³-hybridized carbons (Fsp3) is 0.350. The number of halogens is 2. The SMILES string of the molecule is CCS(=O)(=O)c1cc(C2(C#N)CC2)cnc1N1Cc2cc3c(cc2C1=O)OC(F)(F)O3. The topological polar surface area (TPSA) is 110 Å². The Kier molecular flexibility index (Phi) is 3.90. The molecule has 2 aliphatic heterocycles. The van der Waals surface area contributed by atoms with Crippen molar-refractivity contribution in [1.82, 2.24) is 4.98 Å². The number of carbonyl (C=O) groups is 1. The molecule has 1 aromatic carbocycles. The van der Waals surface area contributed by atoms with E-state index in [0.29, 0.717) is 24.0 Å². The number of nitriles is 1. The second-order valence-electron chi connectivity index (χ2n) is 7.66. The Balaban J connectivity index is 1.58. The van der Waals surface area contributed by atoms with Gasteiger partial charge in [-0.25, -0.2) is 13.4 Å². The van der Waals surface area contributed by atoms with Gasteiger partial charge in [0.2, 0.25) is 0 Å². The predicted octanol–water partition coefficient (Wildman–Crippen LogP) is 2.91. The molecule has 11 heteroatoms. The number of hydrogen-bond acceptors (Lipinski definition) is 7. The summed E-state index contributed by atoms with van der Waals surface area (Å²) in [4.78, 5) is 18.3. The molecule has 0 atom stereocenters. The van der Waals surface area contributed by atoms with Gasteiger partial charge in [0.05, 0.1) is 23.8 Å². The van der Waals surface area contributed by atoms with Crippen molar-refractivity contribution in [1.29, 1.82) is 5.26 Å². The number of hydrogen-bond donors (Lipinski definition) is 0. The van der Waals surface area contributed by atoms with Crippen molar-refractivity contribution in [3.05, 3.63) is 41.1 Å². The molecule has 3 aliphatic rings. The van der Waals surface area contributed by atoms with Crippen molar-refractivity contribution >= 4 is 21.6 Å². The lowest BCUT2D eigenvalue weighted by Crippen LogP contribution is -2.27. The van der Waals surface area contributed by atoms with E-state index in [4.69, 9.17) is 0 Å². The standard InChI is InChI=1S/C20H15F2N3O5S/c1-2-31(27,28)16-6-12(19(10-23)3-4-19)8-24-17(16)25-9-11-5-14-15(7-13(11)18(25)26)30-20(21,22)29-14/h5-8H,2-4,9H2,1H3. The quantitative estimate of drug-likeness (QED) is 0.709. The largest absolute Gasteiger partial charge is 0.586 e. The van der Waals surface area contributed by atoms with E-state index in [1.807, 2.05) is 0 Å². The molecule has 1 aromatic heterocycles. The summed E-state index contributed by atoms with van der Waals surface area (Å²) in [5.74, 6) is -1.34. The van der Waals surface area contributed by atoms with Crippen LogP contribution in [0.1, 0.15) is 41.3 Å². The van der Waals surface area contributed by atoms with E-state index < -0.39 is 27.5 Å². The number of alkyl halides is 2. The lowest BCUT2D eigenvalue weighted by molar-refractivity contribution is -0.286. The van der Waals surface area contributed by atoms with Crippen LogP contribution >= 0.6 is 0 Å². The lowest BCUT2D eigenvalue weighted by atomic mass is 10.00. The number of benzene rings is 1. The fourth-order valence-corrected chi connectivity index (χ4v) is 4.86. The number of pyridine rings is 1. The van der Waals surface area contributed by atoms with Crippen LogP contribution in [0.2, 0.25) is 0 Å². The second kappa shape index (κ2) is 6.13. The van der Waals surface area contributed by atoms with Gasteiger partial charge in [-0.15, -0.1) is 8.78 Å². The number of aromatic nitrogens is 1. The van der Waals surface area contributed by atoms with Gasteiger partial charge < -0.3 is 9.47 Å². The van der Waals surface area contributed by atoms with Crippen molar-refractivity contribution < 1.29 is 31.5 Å². The first-order valence-electron chi connectivity index (χ1n) is 9.48. The molecule has 1 aliphatic carbocycles. The molecule has 1 saturated carbocycles. The summed E-state index contributed by atoms with van der Waals surface area (Å²) in [5, 5.41) is 9.45. The van der Waals surface area contributed by atoms with Crippen LogP contribution < -0.4 is 14.4 Å². The molecule has 1 fully saturated rings. The van der Waals surface area contributed by atoms with Crippen molar-refractivity contribution in [2.45, 2.75) is 42.9 Å². The van der Waals surface area contributed by atoms with Crippen LogP contribution in [0.3, 0.4) is 0 Å². The number of sulfone groups is 1. The lowest BCUT2D eigenvalue weighted by Gasteiger charge is -2.20. The first-order chi connectivity index (χ1) is 14.6. The first-order valence-corrected chi connectivity index (χ1v) is 11.1. The van der Waals surface area contributed by atoms with Crippen LogP contribution in [0, 0.1) is 11.3 Å². The zero-order valence-electron chi connectivity index (χ0n) is 16.2. The molecule has 160 valence electrons. The van der Waals surface area contributed by atoms with Crippen molar-refractivity contribution in [3.63, 3.8) is 0 Å². The van der Waals surface area contributed by atoms with Gasteiger partial charge in [-0.2, -0.15) is 5.26 Å². The van der Waals surface area contributed by atoms with Crippen molar-refractivity contribution in [3.8, 4) is 17.6 Å². The second-order valence-corrected chi connectivity index (χ2v) is 9.90. The Morgan fingerprint density at radius 3 is 2.52 bits per heavy atom. The molecular weight excluding hydrogens is 432 g/mol. The zero-order chi connectivity index (χ0) is 22.2. The summed E-state index contributed by atoms with van der Waals surface area (Å²) >= 11 is 0. The normalized spacial score (nSPS) is 19.8. The Bertz CT molecular complexity index is 1300.